The first kappa shape index (κ1) is 24.3. The zero-order chi connectivity index (χ0) is 25.0. The third-order valence-corrected chi connectivity index (χ3v) is 6.72. The van der Waals surface area contributed by atoms with Crippen LogP contribution in [0.2, 0.25) is 0 Å². The third kappa shape index (κ3) is 4.31. The Balaban J connectivity index is 1.62. The van der Waals surface area contributed by atoms with Crippen LogP contribution in [0.5, 0.6) is 0 Å². The van der Waals surface area contributed by atoms with E-state index in [1.54, 1.807) is 26.8 Å². The van der Waals surface area contributed by atoms with Gasteiger partial charge in [-0.3, -0.25) is 4.79 Å². The van der Waals surface area contributed by atoms with Crippen LogP contribution in [0.4, 0.5) is 20.6 Å². The average Bonchev–Trinajstić information content (AvgIpc) is 3.51. The van der Waals surface area contributed by atoms with E-state index in [2.05, 4.69) is 5.32 Å². The van der Waals surface area contributed by atoms with Crippen molar-refractivity contribution in [3.05, 3.63) is 23.5 Å². The Labute approximate surface area is 198 Å². The molecule has 9 nitrogen and oxygen atoms in total. The van der Waals surface area contributed by atoms with Gasteiger partial charge in [-0.2, -0.15) is 0 Å². The Bertz CT molecular complexity index is 1020. The number of benzene rings is 1. The van der Waals surface area contributed by atoms with Gasteiger partial charge in [0, 0.05) is 31.8 Å². The van der Waals surface area contributed by atoms with Crippen LogP contribution in [-0.2, 0) is 14.3 Å². The number of fused-ring (bicyclic) bond motifs is 1. The molecule has 1 amide bonds. The zero-order valence-electron chi connectivity index (χ0n) is 20.2. The molecule has 0 radical (unpaired) electrons. The number of nitrogens with zero attached hydrogens (tertiary/aromatic N) is 2. The first-order valence-corrected chi connectivity index (χ1v) is 11.5. The molecular weight excluding hydrogens is 445 g/mol. The molecular formula is C24H32FN3O6. The van der Waals surface area contributed by atoms with Crippen molar-refractivity contribution in [1.29, 1.82) is 0 Å². The molecule has 2 N–H and O–H groups in total. The van der Waals surface area contributed by atoms with Crippen molar-refractivity contribution in [2.24, 2.45) is 5.92 Å². The number of nitrogens with one attached hydrogen (secondary N) is 1. The number of carbonyl (C=O) groups excluding carboxylic acids is 2. The molecule has 0 bridgehead atoms. The van der Waals surface area contributed by atoms with E-state index in [4.69, 9.17) is 9.47 Å². The lowest BCUT2D eigenvalue weighted by Gasteiger charge is -2.40. The molecule has 0 spiro atoms. The van der Waals surface area contributed by atoms with Crippen molar-refractivity contribution in [2.45, 2.75) is 63.8 Å². The van der Waals surface area contributed by atoms with Crippen LogP contribution in [0.25, 0.3) is 0 Å². The highest BCUT2D eigenvalue weighted by atomic mass is 19.1. The minimum absolute atomic E-state index is 0.0133. The van der Waals surface area contributed by atoms with Crippen molar-refractivity contribution in [2.75, 3.05) is 36.5 Å². The van der Waals surface area contributed by atoms with Gasteiger partial charge in [0.25, 0.3) is 0 Å². The molecule has 3 atom stereocenters. The molecule has 1 aromatic rings. The predicted molar refractivity (Wildman–Crippen MR) is 123 cm³/mol. The summed E-state index contributed by atoms with van der Waals surface area (Å²) >= 11 is 0. The number of ether oxygens (including phenoxy) is 2. The van der Waals surface area contributed by atoms with Crippen molar-refractivity contribution in [1.82, 2.24) is 5.32 Å². The van der Waals surface area contributed by atoms with Crippen LogP contribution in [0, 0.1) is 11.7 Å². The van der Waals surface area contributed by atoms with Gasteiger partial charge in [0.05, 0.1) is 24.0 Å². The van der Waals surface area contributed by atoms with E-state index in [-0.39, 0.29) is 30.1 Å². The Kier molecular flexibility index (Phi) is 6.00. The highest BCUT2D eigenvalue weighted by Crippen LogP contribution is 2.43. The van der Waals surface area contributed by atoms with Crippen LogP contribution in [0.3, 0.4) is 0 Å². The minimum Gasteiger partial charge on any atom is -0.479 e. The number of carbonyl (C=O) groups is 3. The number of halogens is 1. The van der Waals surface area contributed by atoms with Crippen molar-refractivity contribution < 1.29 is 33.4 Å². The molecule has 1 aliphatic carbocycles. The second-order valence-corrected chi connectivity index (χ2v) is 10.5. The van der Waals surface area contributed by atoms with Gasteiger partial charge in [0.1, 0.15) is 11.4 Å². The van der Waals surface area contributed by atoms with Gasteiger partial charge in [-0.15, -0.1) is 0 Å². The molecule has 3 aliphatic rings. The Hall–Kier alpha value is -2.88. The maximum atomic E-state index is 15.3. The molecule has 186 valence electrons. The molecule has 1 saturated heterocycles. The van der Waals surface area contributed by atoms with Gasteiger partial charge in [-0.25, -0.2) is 14.0 Å². The van der Waals surface area contributed by atoms with Crippen molar-refractivity contribution >= 4 is 29.2 Å². The quantitative estimate of drug-likeness (QED) is 0.624. The zero-order valence-corrected chi connectivity index (χ0v) is 20.2. The lowest BCUT2D eigenvalue weighted by Crippen LogP contribution is -2.60. The largest absolute Gasteiger partial charge is 0.479 e. The first-order valence-electron chi connectivity index (χ1n) is 11.5. The van der Waals surface area contributed by atoms with Crippen LogP contribution < -0.4 is 15.1 Å². The number of carboxylic acids is 1. The fourth-order valence-electron chi connectivity index (χ4n) is 4.76. The summed E-state index contributed by atoms with van der Waals surface area (Å²) in [6, 6.07) is 2.60. The number of rotatable bonds is 5. The predicted octanol–water partition coefficient (Wildman–Crippen LogP) is 2.81. The maximum absolute atomic E-state index is 15.3. The summed E-state index contributed by atoms with van der Waals surface area (Å²) in [6.45, 7) is 8.09. The second kappa shape index (κ2) is 8.41. The smallest absolute Gasteiger partial charge is 0.407 e. The molecule has 0 aromatic heterocycles. The van der Waals surface area contributed by atoms with E-state index in [0.29, 0.717) is 24.5 Å². The summed E-state index contributed by atoms with van der Waals surface area (Å²) in [4.78, 5) is 41.1. The molecule has 1 saturated carbocycles. The molecule has 2 aliphatic heterocycles. The normalized spacial score (nSPS) is 26.9. The van der Waals surface area contributed by atoms with E-state index in [1.165, 1.54) is 7.11 Å². The number of hydrogen-bond donors (Lipinski definition) is 2. The highest BCUT2D eigenvalue weighted by molar-refractivity contribution is 6.19. The van der Waals surface area contributed by atoms with E-state index in [0.717, 1.165) is 18.9 Å². The highest BCUT2D eigenvalue weighted by Gasteiger charge is 2.55. The lowest BCUT2D eigenvalue weighted by atomic mass is 9.86. The van der Waals surface area contributed by atoms with Crippen LogP contribution in [0.1, 0.15) is 50.9 Å². The van der Waals surface area contributed by atoms with Crippen molar-refractivity contribution in [3.8, 4) is 0 Å². The summed E-state index contributed by atoms with van der Waals surface area (Å²) in [5.74, 6) is -2.72. The van der Waals surface area contributed by atoms with E-state index in [9.17, 15) is 19.5 Å². The molecule has 4 rings (SSSR count). The fraction of sp³-hybridized carbons (Fsp3) is 0.625. The summed E-state index contributed by atoms with van der Waals surface area (Å²) in [6.07, 6.45) is 1.21. The van der Waals surface area contributed by atoms with Crippen molar-refractivity contribution in [3.63, 3.8) is 0 Å². The Morgan fingerprint density at radius 2 is 1.88 bits per heavy atom. The number of anilines is 2. The summed E-state index contributed by atoms with van der Waals surface area (Å²) in [7, 11) is 1.19. The molecule has 10 heteroatoms. The third-order valence-electron chi connectivity index (χ3n) is 6.72. The topological polar surface area (TPSA) is 108 Å². The molecule has 1 unspecified atom stereocenters. The summed E-state index contributed by atoms with van der Waals surface area (Å²) < 4.78 is 25.9. The Morgan fingerprint density at radius 1 is 1.21 bits per heavy atom. The number of Topliss-reactive ketones (excluding diaryl/α,β-unsaturated/α-hetero) is 1. The fourth-order valence-corrected chi connectivity index (χ4v) is 4.76. The average molecular weight is 478 g/mol. The summed E-state index contributed by atoms with van der Waals surface area (Å²) in [5.41, 5.74) is -1.83. The number of ketones is 1. The van der Waals surface area contributed by atoms with Crippen LogP contribution in [-0.4, -0.2) is 73.0 Å². The van der Waals surface area contributed by atoms with Crippen LogP contribution >= 0.6 is 0 Å². The van der Waals surface area contributed by atoms with E-state index < -0.39 is 34.9 Å². The van der Waals surface area contributed by atoms with Gasteiger partial charge >= 0.3 is 12.1 Å². The number of methoxy groups -OCH3 is 1. The van der Waals surface area contributed by atoms with E-state index >= 15 is 4.39 Å². The monoisotopic (exact) mass is 477 g/mol. The molecule has 2 heterocycles. The minimum atomic E-state index is -2.06. The lowest BCUT2D eigenvalue weighted by molar-refractivity contribution is -0.155. The maximum Gasteiger partial charge on any atom is 0.407 e. The van der Waals surface area contributed by atoms with Gasteiger partial charge in [0.2, 0.25) is 11.4 Å². The van der Waals surface area contributed by atoms with Gasteiger partial charge in [0.15, 0.2) is 0 Å². The first-order chi connectivity index (χ1) is 15.9. The summed E-state index contributed by atoms with van der Waals surface area (Å²) in [5, 5.41) is 12.7. The SMILES string of the molecule is COC1(C(=O)O)CN(C2CC2)c2cc(N3C[C@@H](C)[C@H](NC(=O)OC(C)(C)C)C3)c(F)cc2C1=O. The number of carboxylic acid groups (broad SMARTS) is 1. The van der Waals surface area contributed by atoms with E-state index in [1.807, 2.05) is 16.7 Å². The molecule has 34 heavy (non-hydrogen) atoms. The van der Waals surface area contributed by atoms with Crippen LogP contribution in [0.15, 0.2) is 12.1 Å². The van der Waals surface area contributed by atoms with Gasteiger partial charge in [-0.05, 0) is 51.7 Å². The molecule has 1 aromatic carbocycles. The Morgan fingerprint density at radius 3 is 2.44 bits per heavy atom. The van der Waals surface area contributed by atoms with Gasteiger partial charge < -0.3 is 29.7 Å². The number of amides is 1. The number of hydrogen-bond acceptors (Lipinski definition) is 7. The molecule has 2 fully saturated rings. The second-order valence-electron chi connectivity index (χ2n) is 10.5. The number of aliphatic carboxylic acids is 1. The number of alkyl carbamates (subject to hydrolysis) is 1. The standard InChI is InChI=1S/C24H32FN3O6/c1-13-10-27(11-17(13)26-22(32)34-23(2,3)4)19-9-18-15(8-16(19)25)20(29)24(33-5,21(30)31)12-28(18)14-6-7-14/h8-9,13-14,17H,6-7,10-12H2,1-5H3,(H,26,32)(H,30,31)/t13-,17-,24?/m1/s1. The van der Waals surface area contributed by atoms with Gasteiger partial charge in [-0.1, -0.05) is 6.92 Å².